The van der Waals surface area contributed by atoms with Crippen LogP contribution in [0.15, 0.2) is 36.4 Å². The van der Waals surface area contributed by atoms with Crippen molar-refractivity contribution < 1.29 is 28.0 Å². The summed E-state index contributed by atoms with van der Waals surface area (Å²) >= 11 is 0. The maximum atomic E-state index is 13.8. The molecular formula is C17H16F2N2O5. The first kappa shape index (κ1) is 19.1. The third-order valence-electron chi connectivity index (χ3n) is 3.36. The predicted molar refractivity (Wildman–Crippen MR) is 88.0 cm³/mol. The van der Waals surface area contributed by atoms with Crippen LogP contribution in [0.2, 0.25) is 0 Å². The van der Waals surface area contributed by atoms with Crippen LogP contribution in [0.4, 0.5) is 19.3 Å². The van der Waals surface area contributed by atoms with Crippen molar-refractivity contribution in [1.29, 1.82) is 0 Å². The molecule has 0 aliphatic carbocycles. The Morgan fingerprint density at radius 2 is 1.81 bits per heavy atom. The number of amides is 1. The molecule has 0 radical (unpaired) electrons. The second-order valence-electron chi connectivity index (χ2n) is 6.09. The van der Waals surface area contributed by atoms with Crippen LogP contribution in [0.3, 0.4) is 0 Å². The van der Waals surface area contributed by atoms with Crippen molar-refractivity contribution in [3.63, 3.8) is 0 Å². The molecule has 7 nitrogen and oxygen atoms in total. The molecule has 0 unspecified atom stereocenters. The minimum atomic E-state index is -1.20. The average Bonchev–Trinajstić information content (AvgIpc) is 2.50. The number of benzene rings is 2. The Kier molecular flexibility index (Phi) is 5.39. The van der Waals surface area contributed by atoms with E-state index in [4.69, 9.17) is 15.2 Å². The number of carbonyl (C=O) groups is 1. The van der Waals surface area contributed by atoms with Gasteiger partial charge in [0.15, 0.2) is 11.6 Å². The second kappa shape index (κ2) is 7.34. The van der Waals surface area contributed by atoms with Crippen LogP contribution in [-0.4, -0.2) is 16.6 Å². The highest BCUT2D eigenvalue weighted by Gasteiger charge is 2.22. The van der Waals surface area contributed by atoms with Crippen molar-refractivity contribution in [2.24, 2.45) is 5.73 Å². The summed E-state index contributed by atoms with van der Waals surface area (Å²) in [6.45, 7) is 3.38. The van der Waals surface area contributed by atoms with Gasteiger partial charge in [0.2, 0.25) is 5.82 Å². The lowest BCUT2D eigenvalue weighted by Crippen LogP contribution is -2.33. The summed E-state index contributed by atoms with van der Waals surface area (Å²) in [6.07, 6.45) is -0.512. The molecule has 0 aromatic heterocycles. The Morgan fingerprint density at radius 3 is 2.35 bits per heavy atom. The van der Waals surface area contributed by atoms with Crippen LogP contribution in [-0.2, 0) is 11.2 Å². The van der Waals surface area contributed by atoms with E-state index < -0.39 is 39.7 Å². The lowest BCUT2D eigenvalue weighted by atomic mass is 9.98. The van der Waals surface area contributed by atoms with E-state index in [1.165, 1.54) is 12.1 Å². The van der Waals surface area contributed by atoms with Crippen LogP contribution in [0.5, 0.6) is 11.5 Å². The number of halogens is 2. The van der Waals surface area contributed by atoms with E-state index in [-0.39, 0.29) is 5.75 Å². The van der Waals surface area contributed by atoms with E-state index in [2.05, 4.69) is 0 Å². The number of rotatable bonds is 6. The number of nitrogens with zero attached hydrogens (tertiary/aromatic N) is 1. The Labute approximate surface area is 147 Å². The molecule has 0 bridgehead atoms. The fourth-order valence-electron chi connectivity index (χ4n) is 2.34. The van der Waals surface area contributed by atoms with Gasteiger partial charge in [-0.2, -0.15) is 4.39 Å². The first-order valence-corrected chi connectivity index (χ1v) is 7.46. The first-order chi connectivity index (χ1) is 12.1. The molecule has 0 saturated heterocycles. The third-order valence-corrected chi connectivity index (χ3v) is 3.36. The number of carbonyl (C=O) groups excluding carboxylic acids is 1. The molecule has 0 aliphatic rings. The summed E-state index contributed by atoms with van der Waals surface area (Å²) in [6, 6.07) is 7.40. The third kappa shape index (κ3) is 4.88. The smallest absolute Gasteiger partial charge is 0.405 e. The molecule has 2 aromatic rings. The quantitative estimate of drug-likeness (QED) is 0.612. The van der Waals surface area contributed by atoms with Crippen molar-refractivity contribution in [3.05, 3.63) is 63.7 Å². The molecule has 2 N–H and O–H groups in total. The molecule has 2 rings (SSSR count). The highest BCUT2D eigenvalue weighted by Crippen LogP contribution is 2.30. The largest absolute Gasteiger partial charge is 0.454 e. The number of nitro benzene ring substituents is 1. The number of primary amides is 1. The maximum Gasteiger partial charge on any atom is 0.405 e. The van der Waals surface area contributed by atoms with Crippen LogP contribution in [0.25, 0.3) is 0 Å². The molecule has 9 heteroatoms. The summed E-state index contributed by atoms with van der Waals surface area (Å²) in [5.74, 6) is -2.53. The second-order valence-corrected chi connectivity index (χ2v) is 6.09. The maximum absolute atomic E-state index is 13.8. The van der Waals surface area contributed by atoms with Crippen molar-refractivity contribution in [2.45, 2.75) is 25.9 Å². The van der Waals surface area contributed by atoms with E-state index in [9.17, 15) is 23.7 Å². The van der Waals surface area contributed by atoms with Gasteiger partial charge in [0.25, 0.3) is 0 Å². The molecule has 2 aromatic carbocycles. The first-order valence-electron chi connectivity index (χ1n) is 7.46. The zero-order valence-corrected chi connectivity index (χ0v) is 14.0. The molecule has 0 spiro atoms. The summed E-state index contributed by atoms with van der Waals surface area (Å²) in [5, 5.41) is 10.6. The minimum absolute atomic E-state index is 0.203. The number of hydrogen-bond donors (Lipinski definition) is 1. The Morgan fingerprint density at radius 1 is 1.19 bits per heavy atom. The van der Waals surface area contributed by atoms with Crippen LogP contribution >= 0.6 is 0 Å². The zero-order valence-electron chi connectivity index (χ0n) is 14.0. The lowest BCUT2D eigenvalue weighted by molar-refractivity contribution is -0.387. The number of nitrogens with two attached hydrogens (primary N) is 1. The van der Waals surface area contributed by atoms with Crippen molar-refractivity contribution >= 4 is 11.8 Å². The number of nitro groups is 1. The lowest BCUT2D eigenvalue weighted by Gasteiger charge is -2.24. The minimum Gasteiger partial charge on any atom is -0.454 e. The highest BCUT2D eigenvalue weighted by atomic mass is 19.1. The van der Waals surface area contributed by atoms with Crippen molar-refractivity contribution in [1.82, 2.24) is 0 Å². The molecule has 0 saturated carbocycles. The molecule has 0 fully saturated rings. The topological polar surface area (TPSA) is 105 Å². The zero-order chi connectivity index (χ0) is 19.5. The van der Waals surface area contributed by atoms with Gasteiger partial charge in [0.05, 0.1) is 11.0 Å². The predicted octanol–water partition coefficient (Wildman–Crippen LogP) is 4.08. The monoisotopic (exact) mass is 366 g/mol. The summed E-state index contributed by atoms with van der Waals surface area (Å²) in [5.41, 5.74) is 4.01. The Hall–Kier alpha value is -3.23. The number of hydrogen-bond acceptors (Lipinski definition) is 5. The van der Waals surface area contributed by atoms with Gasteiger partial charge in [-0.1, -0.05) is 12.1 Å². The molecule has 0 aliphatic heterocycles. The average molecular weight is 366 g/mol. The van der Waals surface area contributed by atoms with Gasteiger partial charge >= 0.3 is 11.8 Å². The van der Waals surface area contributed by atoms with Gasteiger partial charge in [0, 0.05) is 12.5 Å². The molecule has 0 atom stereocenters. The van der Waals surface area contributed by atoms with Crippen LogP contribution in [0, 0.1) is 21.7 Å². The fourth-order valence-corrected chi connectivity index (χ4v) is 2.34. The molecule has 138 valence electrons. The summed E-state index contributed by atoms with van der Waals surface area (Å²) in [7, 11) is 0. The molecule has 0 heterocycles. The van der Waals surface area contributed by atoms with Gasteiger partial charge in [-0.15, -0.1) is 0 Å². The number of ether oxygens (including phenoxy) is 2. The Balaban J connectivity index is 2.14. The molecule has 26 heavy (non-hydrogen) atoms. The standard InChI is InChI=1S/C17H16F2N2O5/c1-17(2,26-16(20)22)9-10-3-5-11(6-4-10)25-15-8-12(18)14(21(23)24)7-13(15)19/h3-8H,9H2,1-2H3,(H2,20,22). The van der Waals surface area contributed by atoms with E-state index in [1.807, 2.05) is 0 Å². The molecular weight excluding hydrogens is 350 g/mol. The van der Waals surface area contributed by atoms with Crippen LogP contribution < -0.4 is 10.5 Å². The SMILES string of the molecule is CC(C)(Cc1ccc(Oc2cc(F)c([N+](=O)[O-])cc2F)cc1)OC(N)=O. The van der Waals surface area contributed by atoms with E-state index in [1.54, 1.807) is 26.0 Å². The van der Waals surface area contributed by atoms with E-state index in [0.29, 0.717) is 18.6 Å². The summed E-state index contributed by atoms with van der Waals surface area (Å²) in [4.78, 5) is 20.4. The highest BCUT2D eigenvalue weighted by molar-refractivity contribution is 5.65. The fraction of sp³-hybridized carbons (Fsp3) is 0.235. The Bertz CT molecular complexity index is 838. The van der Waals surface area contributed by atoms with Gasteiger partial charge in [0.1, 0.15) is 11.4 Å². The summed E-state index contributed by atoms with van der Waals surface area (Å²) < 4.78 is 37.7. The van der Waals surface area contributed by atoms with Gasteiger partial charge in [-0.3, -0.25) is 10.1 Å². The van der Waals surface area contributed by atoms with Gasteiger partial charge < -0.3 is 15.2 Å². The molecule has 1 amide bonds. The van der Waals surface area contributed by atoms with Gasteiger partial charge in [-0.05, 0) is 31.5 Å². The van der Waals surface area contributed by atoms with Crippen molar-refractivity contribution in [2.75, 3.05) is 0 Å². The van der Waals surface area contributed by atoms with Crippen molar-refractivity contribution in [3.8, 4) is 11.5 Å². The normalized spacial score (nSPS) is 11.1. The van der Waals surface area contributed by atoms with Gasteiger partial charge in [-0.25, -0.2) is 9.18 Å². The van der Waals surface area contributed by atoms with E-state index in [0.717, 1.165) is 5.56 Å². The van der Waals surface area contributed by atoms with E-state index >= 15 is 0 Å². The van der Waals surface area contributed by atoms with Crippen LogP contribution in [0.1, 0.15) is 19.4 Å².